The van der Waals surface area contributed by atoms with Crippen LogP contribution in [0.3, 0.4) is 0 Å². The summed E-state index contributed by atoms with van der Waals surface area (Å²) in [4.78, 5) is 14.4. The number of hydrogen-bond donors (Lipinski definition) is 3. The molecule has 0 bridgehead atoms. The molecule has 84 valence electrons. The minimum Gasteiger partial charge on any atom is -0.382 e. The lowest BCUT2D eigenvalue weighted by molar-refractivity contribution is -0.125. The van der Waals surface area contributed by atoms with Crippen molar-refractivity contribution in [1.29, 1.82) is 5.26 Å². The van der Waals surface area contributed by atoms with Crippen LogP contribution >= 0.6 is 0 Å². The monoisotopic (exact) mass is 220 g/mol. The molecule has 6 nitrogen and oxygen atoms in total. The van der Waals surface area contributed by atoms with Crippen molar-refractivity contribution in [1.82, 2.24) is 10.3 Å². The zero-order valence-electron chi connectivity index (χ0n) is 8.55. The molecule has 1 aromatic rings. The molecule has 1 amide bonds. The summed E-state index contributed by atoms with van der Waals surface area (Å²) >= 11 is 0. The predicted molar refractivity (Wildman–Crippen MR) is 55.9 cm³/mol. The summed E-state index contributed by atoms with van der Waals surface area (Å²) in [6, 6.07) is 5.41. The second kappa shape index (κ2) is 5.80. The van der Waals surface area contributed by atoms with E-state index in [4.69, 9.17) is 16.1 Å². The maximum Gasteiger partial charge on any atom is 0.247 e. The van der Waals surface area contributed by atoms with Gasteiger partial charge >= 0.3 is 0 Å². The minimum atomic E-state index is -1.22. The van der Waals surface area contributed by atoms with E-state index in [0.717, 1.165) is 0 Å². The first-order valence-electron chi connectivity index (χ1n) is 4.67. The summed E-state index contributed by atoms with van der Waals surface area (Å²) in [6.45, 7) is 0.399. The molecule has 1 rings (SSSR count). The summed E-state index contributed by atoms with van der Waals surface area (Å²) in [5.74, 6) is -0.779. The molecule has 0 saturated heterocycles. The number of pyridine rings is 1. The predicted octanol–water partition coefficient (Wildman–Crippen LogP) is -1.11. The van der Waals surface area contributed by atoms with Gasteiger partial charge in [-0.05, 0) is 6.07 Å². The van der Waals surface area contributed by atoms with E-state index in [9.17, 15) is 4.79 Å². The fraction of sp³-hybridized carbons (Fsp3) is 0.300. The average Bonchev–Trinajstić information content (AvgIpc) is 2.29. The third kappa shape index (κ3) is 3.31. The summed E-state index contributed by atoms with van der Waals surface area (Å²) in [6.07, 6.45) is 0.308. The van der Waals surface area contributed by atoms with Crippen molar-refractivity contribution in [2.24, 2.45) is 5.73 Å². The Balaban J connectivity index is 2.49. The molecule has 0 radical (unpaired) electrons. The highest BCUT2D eigenvalue weighted by atomic mass is 16.3. The van der Waals surface area contributed by atoms with Crippen molar-refractivity contribution < 1.29 is 9.90 Å². The molecule has 0 aliphatic carbocycles. The van der Waals surface area contributed by atoms with Crippen molar-refractivity contribution in [3.63, 3.8) is 0 Å². The number of carbonyl (C=O) groups is 1. The number of carbonyl (C=O) groups excluding carboxylic acids is 1. The number of amides is 1. The zero-order valence-corrected chi connectivity index (χ0v) is 8.55. The molecular weight excluding hydrogens is 208 g/mol. The van der Waals surface area contributed by atoms with Gasteiger partial charge in [-0.25, -0.2) is 4.98 Å². The third-order valence-electron chi connectivity index (χ3n) is 1.98. The number of aliphatic hydroxyl groups excluding tert-OH is 1. The maximum absolute atomic E-state index is 10.5. The quantitative estimate of drug-likeness (QED) is 0.582. The van der Waals surface area contributed by atoms with Crippen LogP contribution in [0.15, 0.2) is 18.3 Å². The molecule has 6 heteroatoms. The van der Waals surface area contributed by atoms with Gasteiger partial charge in [-0.15, -0.1) is 0 Å². The van der Waals surface area contributed by atoms with Crippen molar-refractivity contribution >= 4 is 5.91 Å². The summed E-state index contributed by atoms with van der Waals surface area (Å²) in [7, 11) is 0. The molecule has 0 aliphatic rings. The van der Waals surface area contributed by atoms with Gasteiger partial charge in [-0.3, -0.25) is 4.79 Å². The molecule has 0 aliphatic heterocycles. The van der Waals surface area contributed by atoms with Crippen LogP contribution in [0.2, 0.25) is 0 Å². The van der Waals surface area contributed by atoms with Gasteiger partial charge in [-0.2, -0.15) is 5.26 Å². The van der Waals surface area contributed by atoms with E-state index >= 15 is 0 Å². The zero-order chi connectivity index (χ0) is 12.0. The fourth-order valence-electron chi connectivity index (χ4n) is 1.13. The summed E-state index contributed by atoms with van der Waals surface area (Å²) in [5, 5.41) is 20.7. The van der Waals surface area contributed by atoms with Crippen LogP contribution in [-0.4, -0.2) is 28.6 Å². The van der Waals surface area contributed by atoms with E-state index in [1.807, 2.05) is 6.07 Å². The van der Waals surface area contributed by atoms with Gasteiger partial charge in [0.25, 0.3) is 0 Å². The fourth-order valence-corrected chi connectivity index (χ4v) is 1.13. The first-order valence-corrected chi connectivity index (χ1v) is 4.67. The van der Waals surface area contributed by atoms with E-state index in [1.165, 1.54) is 6.20 Å². The van der Waals surface area contributed by atoms with Crippen LogP contribution in [0, 0.1) is 11.3 Å². The Morgan fingerprint density at radius 2 is 2.50 bits per heavy atom. The molecule has 1 atom stereocenters. The molecule has 0 aromatic carbocycles. The molecule has 0 spiro atoms. The molecule has 0 saturated carbocycles. The number of aromatic nitrogens is 1. The van der Waals surface area contributed by atoms with Crippen molar-refractivity contribution in [2.75, 3.05) is 6.54 Å². The van der Waals surface area contributed by atoms with Gasteiger partial charge in [0.2, 0.25) is 5.91 Å². The molecule has 16 heavy (non-hydrogen) atoms. The van der Waals surface area contributed by atoms with E-state index in [2.05, 4.69) is 10.3 Å². The SMILES string of the molecule is N#Cc1ncccc1CNCC(O)C(N)=O. The lowest BCUT2D eigenvalue weighted by Gasteiger charge is -2.08. The Hall–Kier alpha value is -1.97. The van der Waals surface area contributed by atoms with Crippen molar-refractivity contribution in [3.8, 4) is 6.07 Å². The average molecular weight is 220 g/mol. The molecule has 0 fully saturated rings. The van der Waals surface area contributed by atoms with Gasteiger partial charge in [0.1, 0.15) is 17.9 Å². The van der Waals surface area contributed by atoms with E-state index < -0.39 is 12.0 Å². The highest BCUT2D eigenvalue weighted by molar-refractivity contribution is 5.78. The molecular formula is C10H12N4O2. The molecule has 1 unspecified atom stereocenters. The second-order valence-corrected chi connectivity index (χ2v) is 3.17. The maximum atomic E-state index is 10.5. The molecule has 4 N–H and O–H groups in total. The normalized spacial score (nSPS) is 11.8. The standard InChI is InChI=1S/C10H12N4O2/c11-4-8-7(2-1-3-14-8)5-13-6-9(15)10(12)16/h1-3,9,13,15H,5-6H2,(H2,12,16). The smallest absolute Gasteiger partial charge is 0.247 e. The lowest BCUT2D eigenvalue weighted by Crippen LogP contribution is -2.37. The Morgan fingerprint density at radius 1 is 1.75 bits per heavy atom. The second-order valence-electron chi connectivity index (χ2n) is 3.17. The number of hydrogen-bond acceptors (Lipinski definition) is 5. The highest BCUT2D eigenvalue weighted by Crippen LogP contribution is 2.02. The van der Waals surface area contributed by atoms with Crippen LogP contribution in [0.5, 0.6) is 0 Å². The Labute approximate surface area is 92.7 Å². The van der Waals surface area contributed by atoms with Gasteiger partial charge in [0.05, 0.1) is 0 Å². The Bertz CT molecular complexity index is 414. The topological polar surface area (TPSA) is 112 Å². The van der Waals surface area contributed by atoms with Gasteiger partial charge in [-0.1, -0.05) is 6.07 Å². The number of nitrogens with zero attached hydrogens (tertiary/aromatic N) is 2. The minimum absolute atomic E-state index is 0.0507. The van der Waals surface area contributed by atoms with Crippen molar-refractivity contribution in [2.45, 2.75) is 12.6 Å². The third-order valence-corrected chi connectivity index (χ3v) is 1.98. The molecule has 1 aromatic heterocycles. The van der Waals surface area contributed by atoms with Crippen molar-refractivity contribution in [3.05, 3.63) is 29.6 Å². The Kier molecular flexibility index (Phi) is 4.39. The molecule has 1 heterocycles. The lowest BCUT2D eigenvalue weighted by atomic mass is 10.2. The first kappa shape index (κ1) is 12.1. The number of primary amides is 1. The van der Waals surface area contributed by atoms with E-state index in [1.54, 1.807) is 12.1 Å². The van der Waals surface area contributed by atoms with Crippen LogP contribution in [0.4, 0.5) is 0 Å². The largest absolute Gasteiger partial charge is 0.382 e. The number of nitrogens with one attached hydrogen (secondary N) is 1. The summed E-state index contributed by atoms with van der Waals surface area (Å²) in [5.41, 5.74) is 5.91. The van der Waals surface area contributed by atoms with Gasteiger partial charge < -0.3 is 16.2 Å². The number of nitriles is 1. The van der Waals surface area contributed by atoms with Gasteiger partial charge in [0.15, 0.2) is 0 Å². The van der Waals surface area contributed by atoms with Gasteiger partial charge in [0, 0.05) is 24.8 Å². The Morgan fingerprint density at radius 3 is 3.12 bits per heavy atom. The highest BCUT2D eigenvalue weighted by Gasteiger charge is 2.10. The van der Waals surface area contributed by atoms with Crippen LogP contribution in [0.1, 0.15) is 11.3 Å². The van der Waals surface area contributed by atoms with E-state index in [-0.39, 0.29) is 6.54 Å². The number of rotatable bonds is 5. The number of aliphatic hydroxyl groups is 1. The van der Waals surface area contributed by atoms with Crippen LogP contribution < -0.4 is 11.1 Å². The van der Waals surface area contributed by atoms with Crippen LogP contribution in [-0.2, 0) is 11.3 Å². The first-order chi connectivity index (χ1) is 7.65. The van der Waals surface area contributed by atoms with Crippen LogP contribution in [0.25, 0.3) is 0 Å². The van der Waals surface area contributed by atoms with E-state index in [0.29, 0.717) is 17.8 Å². The number of nitrogens with two attached hydrogens (primary N) is 1. The summed E-state index contributed by atoms with van der Waals surface area (Å²) < 4.78 is 0.